The predicted molar refractivity (Wildman–Crippen MR) is 63.6 cm³/mol. The van der Waals surface area contributed by atoms with Crippen LogP contribution in [-0.2, 0) is 13.1 Å². The Morgan fingerprint density at radius 1 is 1.56 bits per heavy atom. The van der Waals surface area contributed by atoms with Gasteiger partial charge in [-0.1, -0.05) is 6.92 Å². The summed E-state index contributed by atoms with van der Waals surface area (Å²) in [5.74, 6) is 0. The number of aromatic nitrogens is 2. The number of nitrogens with zero attached hydrogens (tertiary/aromatic N) is 3. The minimum absolute atomic E-state index is 0.310. The molecule has 0 aliphatic heterocycles. The zero-order valence-electron chi connectivity index (χ0n) is 10.3. The molecule has 0 atom stereocenters. The summed E-state index contributed by atoms with van der Waals surface area (Å²) < 4.78 is 2.01. The van der Waals surface area contributed by atoms with E-state index in [1.54, 1.807) is 0 Å². The number of rotatable bonds is 6. The van der Waals surface area contributed by atoms with Crippen molar-refractivity contribution in [1.29, 1.82) is 5.26 Å². The molecular formula is C12H20N4. The van der Waals surface area contributed by atoms with Crippen molar-refractivity contribution in [2.24, 2.45) is 5.41 Å². The van der Waals surface area contributed by atoms with E-state index in [1.165, 1.54) is 5.69 Å². The normalized spacial score (nSPS) is 11.4. The largest absolute Gasteiger partial charge is 0.310 e. The maximum absolute atomic E-state index is 8.88. The number of nitriles is 1. The van der Waals surface area contributed by atoms with Gasteiger partial charge in [-0.3, -0.25) is 4.68 Å². The summed E-state index contributed by atoms with van der Waals surface area (Å²) in [7, 11) is 0. The van der Waals surface area contributed by atoms with Crippen molar-refractivity contribution in [2.75, 3.05) is 6.54 Å². The molecule has 1 aromatic rings. The summed E-state index contributed by atoms with van der Waals surface area (Å²) in [6, 6.07) is 4.29. The average molecular weight is 220 g/mol. The molecule has 0 aliphatic carbocycles. The van der Waals surface area contributed by atoms with Crippen molar-refractivity contribution in [2.45, 2.75) is 40.3 Å². The van der Waals surface area contributed by atoms with Gasteiger partial charge in [-0.15, -0.1) is 0 Å². The third-order valence-corrected chi connectivity index (χ3v) is 2.42. The molecule has 0 aliphatic rings. The van der Waals surface area contributed by atoms with E-state index in [-0.39, 0.29) is 5.41 Å². The van der Waals surface area contributed by atoms with Crippen molar-refractivity contribution in [3.63, 3.8) is 0 Å². The van der Waals surface area contributed by atoms with Crippen LogP contribution in [0.2, 0.25) is 0 Å². The average Bonchev–Trinajstić information content (AvgIpc) is 2.66. The molecular weight excluding hydrogens is 200 g/mol. The molecule has 16 heavy (non-hydrogen) atoms. The Balaban J connectivity index is 2.43. The molecule has 1 aromatic heterocycles. The first kappa shape index (κ1) is 12.7. The van der Waals surface area contributed by atoms with Gasteiger partial charge in [0.1, 0.15) is 0 Å². The molecule has 0 spiro atoms. The standard InChI is InChI=1S/C12H20N4/c1-4-7-16-11(5-6-15-16)8-14-10-12(2,3)9-13/h5-6,14H,4,7-8,10H2,1-3H3. The van der Waals surface area contributed by atoms with Gasteiger partial charge in [-0.25, -0.2) is 0 Å². The van der Waals surface area contributed by atoms with E-state index < -0.39 is 0 Å². The zero-order valence-corrected chi connectivity index (χ0v) is 10.3. The Morgan fingerprint density at radius 2 is 2.31 bits per heavy atom. The van der Waals surface area contributed by atoms with Crippen molar-refractivity contribution in [1.82, 2.24) is 15.1 Å². The van der Waals surface area contributed by atoms with E-state index in [1.807, 2.05) is 30.8 Å². The van der Waals surface area contributed by atoms with Crippen molar-refractivity contribution in [3.8, 4) is 6.07 Å². The molecule has 4 heteroatoms. The molecule has 0 bridgehead atoms. The first-order chi connectivity index (χ1) is 7.59. The molecule has 0 fully saturated rings. The van der Waals surface area contributed by atoms with E-state index in [2.05, 4.69) is 23.4 Å². The molecule has 1 heterocycles. The minimum Gasteiger partial charge on any atom is -0.310 e. The predicted octanol–water partition coefficient (Wildman–Crippen LogP) is 1.93. The van der Waals surface area contributed by atoms with Crippen LogP contribution in [0.4, 0.5) is 0 Å². The highest BCUT2D eigenvalue weighted by Crippen LogP contribution is 2.11. The zero-order chi connectivity index (χ0) is 12.0. The lowest BCUT2D eigenvalue weighted by molar-refractivity contribution is 0.436. The Bertz CT molecular complexity index is 359. The third-order valence-electron chi connectivity index (χ3n) is 2.42. The molecule has 0 aromatic carbocycles. The number of nitrogens with one attached hydrogen (secondary N) is 1. The Kier molecular flexibility index (Phi) is 4.51. The summed E-state index contributed by atoms with van der Waals surface area (Å²) >= 11 is 0. The maximum atomic E-state index is 8.88. The lowest BCUT2D eigenvalue weighted by Crippen LogP contribution is -2.28. The van der Waals surface area contributed by atoms with Gasteiger partial charge in [-0.05, 0) is 26.3 Å². The van der Waals surface area contributed by atoms with Crippen LogP contribution in [0.5, 0.6) is 0 Å². The van der Waals surface area contributed by atoms with Gasteiger partial charge < -0.3 is 5.32 Å². The number of hydrogen-bond acceptors (Lipinski definition) is 3. The lowest BCUT2D eigenvalue weighted by Gasteiger charge is -2.16. The van der Waals surface area contributed by atoms with Crippen molar-refractivity contribution < 1.29 is 0 Å². The molecule has 1 N–H and O–H groups in total. The molecule has 0 saturated heterocycles. The van der Waals surface area contributed by atoms with Crippen LogP contribution in [0.25, 0.3) is 0 Å². The second-order valence-electron chi connectivity index (χ2n) is 4.64. The van der Waals surface area contributed by atoms with Crippen LogP contribution in [0, 0.1) is 16.7 Å². The quantitative estimate of drug-likeness (QED) is 0.797. The van der Waals surface area contributed by atoms with Gasteiger partial charge >= 0.3 is 0 Å². The summed E-state index contributed by atoms with van der Waals surface area (Å²) in [5, 5.41) is 16.4. The second-order valence-corrected chi connectivity index (χ2v) is 4.64. The summed E-state index contributed by atoms with van der Waals surface area (Å²) in [6.07, 6.45) is 2.90. The summed E-state index contributed by atoms with van der Waals surface area (Å²) in [4.78, 5) is 0. The molecule has 0 amide bonds. The summed E-state index contributed by atoms with van der Waals surface area (Å²) in [5.41, 5.74) is 0.867. The van der Waals surface area contributed by atoms with Crippen molar-refractivity contribution >= 4 is 0 Å². The van der Waals surface area contributed by atoms with Gasteiger partial charge in [0, 0.05) is 25.8 Å². The molecule has 88 valence electrons. The molecule has 0 unspecified atom stereocenters. The van der Waals surface area contributed by atoms with Crippen LogP contribution in [0.3, 0.4) is 0 Å². The van der Waals surface area contributed by atoms with Crippen LogP contribution >= 0.6 is 0 Å². The van der Waals surface area contributed by atoms with Crippen LogP contribution < -0.4 is 5.32 Å². The molecule has 1 rings (SSSR count). The molecule has 0 saturated carbocycles. The maximum Gasteiger partial charge on any atom is 0.0697 e. The monoisotopic (exact) mass is 220 g/mol. The van der Waals surface area contributed by atoms with E-state index in [0.717, 1.165) is 19.5 Å². The van der Waals surface area contributed by atoms with Crippen molar-refractivity contribution in [3.05, 3.63) is 18.0 Å². The minimum atomic E-state index is -0.310. The SMILES string of the molecule is CCCn1nccc1CNCC(C)(C)C#N. The Morgan fingerprint density at radius 3 is 2.94 bits per heavy atom. The van der Waals surface area contributed by atoms with E-state index in [9.17, 15) is 0 Å². The summed E-state index contributed by atoms with van der Waals surface area (Å²) in [6.45, 7) is 8.42. The fraction of sp³-hybridized carbons (Fsp3) is 0.667. The highest BCUT2D eigenvalue weighted by Gasteiger charge is 2.15. The van der Waals surface area contributed by atoms with E-state index >= 15 is 0 Å². The highest BCUT2D eigenvalue weighted by molar-refractivity contribution is 5.01. The molecule has 0 radical (unpaired) electrons. The number of aryl methyl sites for hydroxylation is 1. The van der Waals surface area contributed by atoms with Crippen LogP contribution in [0.1, 0.15) is 32.9 Å². The fourth-order valence-corrected chi connectivity index (χ4v) is 1.47. The lowest BCUT2D eigenvalue weighted by atomic mass is 9.96. The first-order valence-corrected chi connectivity index (χ1v) is 5.71. The van der Waals surface area contributed by atoms with Gasteiger partial charge in [0.05, 0.1) is 17.2 Å². The van der Waals surface area contributed by atoms with Gasteiger partial charge in [0.15, 0.2) is 0 Å². The smallest absolute Gasteiger partial charge is 0.0697 e. The Labute approximate surface area is 97.3 Å². The third kappa shape index (κ3) is 3.67. The Hall–Kier alpha value is -1.34. The first-order valence-electron chi connectivity index (χ1n) is 5.71. The number of hydrogen-bond donors (Lipinski definition) is 1. The van der Waals surface area contributed by atoms with Crippen LogP contribution in [-0.4, -0.2) is 16.3 Å². The molecule has 4 nitrogen and oxygen atoms in total. The van der Waals surface area contributed by atoms with Gasteiger partial charge in [-0.2, -0.15) is 10.4 Å². The van der Waals surface area contributed by atoms with E-state index in [4.69, 9.17) is 5.26 Å². The van der Waals surface area contributed by atoms with Gasteiger partial charge in [0.2, 0.25) is 0 Å². The highest BCUT2D eigenvalue weighted by atomic mass is 15.3. The van der Waals surface area contributed by atoms with E-state index in [0.29, 0.717) is 6.54 Å². The van der Waals surface area contributed by atoms with Crippen LogP contribution in [0.15, 0.2) is 12.3 Å². The second kappa shape index (κ2) is 5.66. The van der Waals surface area contributed by atoms with Gasteiger partial charge in [0.25, 0.3) is 0 Å². The topological polar surface area (TPSA) is 53.6 Å². The fourth-order valence-electron chi connectivity index (χ4n) is 1.47.